The molecule has 0 saturated heterocycles. The molecule has 0 spiro atoms. The average Bonchev–Trinajstić information content (AvgIpc) is 3.88. The molecule has 4 aromatic carbocycles. The van der Waals surface area contributed by atoms with Crippen molar-refractivity contribution < 1.29 is 66.7 Å². The Labute approximate surface area is 458 Å². The van der Waals surface area contributed by atoms with Gasteiger partial charge < -0.3 is 37.9 Å². The van der Waals surface area contributed by atoms with Crippen LogP contribution in [0.2, 0.25) is 0 Å². The van der Waals surface area contributed by atoms with Crippen LogP contribution in [0.1, 0.15) is 129 Å². The molecule has 0 bridgehead atoms. The Morgan fingerprint density at radius 2 is 1.05 bits per heavy atom. The highest BCUT2D eigenvalue weighted by Crippen LogP contribution is 2.32. The standard InChI is InChI=1S/C60H67N3O14S/c1-3-54(64)72-37-13-7-5-11-35-70-45-23-17-41(18-24-45)56(66)74-47-25-19-43(20-26-47)58(68)77-50-33-34-51(44(39-50)40-61-63-60-62-52-15-9-10-16-53(52)78-60)59(69)76-48-27-21-42(22-28-48)57(67)75-49-31-29-46(30-32-49)71-36-12-6-8-14-38-73-55(65)4-2/h3-4,9-10,15-18,23-24,29-34,39-40,42-43,47-48H,1-2,5-8,11-14,19-22,25-28,35-38H2,(H,62,63)/b61-40+. The molecule has 0 aliphatic heterocycles. The number of thiazole rings is 1. The van der Waals surface area contributed by atoms with Crippen molar-refractivity contribution in [3.8, 4) is 23.0 Å². The van der Waals surface area contributed by atoms with Crippen LogP contribution in [0.5, 0.6) is 23.0 Å². The number of carbonyl (C=O) groups excluding carboxylic acids is 6. The van der Waals surface area contributed by atoms with Gasteiger partial charge in [0.05, 0.1) is 65.8 Å². The number of rotatable bonds is 29. The summed E-state index contributed by atoms with van der Waals surface area (Å²) < 4.78 is 46.0. The Hall–Kier alpha value is -7.86. The summed E-state index contributed by atoms with van der Waals surface area (Å²) in [5, 5.41) is 4.94. The minimum absolute atomic E-state index is 0.209. The zero-order chi connectivity index (χ0) is 54.9. The van der Waals surface area contributed by atoms with Crippen molar-refractivity contribution in [3.05, 3.63) is 133 Å². The SMILES string of the molecule is C=CC(=O)OCCCCCCOc1ccc(OC(=O)C2CCC(OC(=O)c3ccc(OC(=O)C4CCC(OC(=O)c5ccc(OCCCCCCOC(=O)C=C)cc5)CC4)cc3/C=N/Nc3nc4ccccc4s3)CC2)cc1. The first-order valence-electron chi connectivity index (χ1n) is 26.7. The molecule has 2 aliphatic rings. The van der Waals surface area contributed by atoms with Gasteiger partial charge in [0.1, 0.15) is 35.2 Å². The van der Waals surface area contributed by atoms with Gasteiger partial charge in [-0.3, -0.25) is 15.0 Å². The van der Waals surface area contributed by atoms with E-state index in [-0.39, 0.29) is 29.3 Å². The first kappa shape index (κ1) is 57.8. The number of nitrogens with zero attached hydrogens (tertiary/aromatic N) is 2. The Morgan fingerprint density at radius 3 is 1.60 bits per heavy atom. The van der Waals surface area contributed by atoms with Crippen molar-refractivity contribution in [1.82, 2.24) is 4.98 Å². The van der Waals surface area contributed by atoms with Gasteiger partial charge in [-0.1, -0.05) is 36.6 Å². The molecule has 0 amide bonds. The third kappa shape index (κ3) is 18.7. The molecule has 18 heteroatoms. The molecular weight excluding hydrogens is 1020 g/mol. The van der Waals surface area contributed by atoms with Gasteiger partial charge in [-0.15, -0.1) is 0 Å². The van der Waals surface area contributed by atoms with Gasteiger partial charge in [0.25, 0.3) is 0 Å². The van der Waals surface area contributed by atoms with Gasteiger partial charge in [-0.05, 0) is 182 Å². The summed E-state index contributed by atoms with van der Waals surface area (Å²) in [4.78, 5) is 80.4. The largest absolute Gasteiger partial charge is 0.494 e. The van der Waals surface area contributed by atoms with E-state index in [0.717, 1.165) is 73.7 Å². The lowest BCUT2D eigenvalue weighted by atomic mass is 9.87. The van der Waals surface area contributed by atoms with Crippen LogP contribution < -0.4 is 24.4 Å². The molecule has 2 fully saturated rings. The second kappa shape index (κ2) is 30.8. The molecule has 1 aromatic heterocycles. The third-order valence-corrected chi connectivity index (χ3v) is 14.2. The Kier molecular flexibility index (Phi) is 22.8. The maximum atomic E-state index is 13.8. The van der Waals surface area contributed by atoms with Crippen LogP contribution >= 0.6 is 11.3 Å². The van der Waals surface area contributed by atoms with E-state index in [1.165, 1.54) is 17.6 Å². The predicted molar refractivity (Wildman–Crippen MR) is 294 cm³/mol. The summed E-state index contributed by atoms with van der Waals surface area (Å²) in [5.41, 5.74) is 4.72. The fraction of sp³-hybridized carbons (Fsp3) is 0.400. The quantitative estimate of drug-likeness (QED) is 0.00896. The molecule has 7 rings (SSSR count). The van der Waals surface area contributed by atoms with Gasteiger partial charge in [0, 0.05) is 17.7 Å². The van der Waals surface area contributed by atoms with Crippen LogP contribution in [-0.4, -0.2) is 85.6 Å². The molecule has 78 heavy (non-hydrogen) atoms. The molecule has 17 nitrogen and oxygen atoms in total. The van der Waals surface area contributed by atoms with Gasteiger partial charge in [-0.2, -0.15) is 5.10 Å². The third-order valence-electron chi connectivity index (χ3n) is 13.3. The Bertz CT molecular complexity index is 2800. The summed E-state index contributed by atoms with van der Waals surface area (Å²) in [6.07, 6.45) is 13.7. The van der Waals surface area contributed by atoms with Crippen LogP contribution in [0.4, 0.5) is 5.13 Å². The van der Waals surface area contributed by atoms with Gasteiger partial charge in [0.15, 0.2) is 0 Å². The molecule has 1 heterocycles. The van der Waals surface area contributed by atoms with E-state index >= 15 is 0 Å². The number of aromatic nitrogens is 1. The van der Waals surface area contributed by atoms with Crippen LogP contribution in [0.15, 0.2) is 121 Å². The average molecular weight is 1090 g/mol. The van der Waals surface area contributed by atoms with Crippen molar-refractivity contribution in [3.63, 3.8) is 0 Å². The number of anilines is 1. The fourth-order valence-electron chi connectivity index (χ4n) is 8.89. The molecule has 2 saturated carbocycles. The minimum Gasteiger partial charge on any atom is -0.494 e. The summed E-state index contributed by atoms with van der Waals surface area (Å²) in [6, 6.07) is 26.1. The Balaban J connectivity index is 0.852. The summed E-state index contributed by atoms with van der Waals surface area (Å²) in [6.45, 7) is 8.56. The van der Waals surface area contributed by atoms with E-state index in [1.54, 1.807) is 66.7 Å². The van der Waals surface area contributed by atoms with Crippen LogP contribution in [-0.2, 0) is 38.1 Å². The maximum absolute atomic E-state index is 13.8. The number of hydrogen-bond donors (Lipinski definition) is 1. The highest BCUT2D eigenvalue weighted by atomic mass is 32.1. The topological polar surface area (TPSA) is 214 Å². The fourth-order valence-corrected chi connectivity index (χ4v) is 9.71. The van der Waals surface area contributed by atoms with Crippen LogP contribution in [0.25, 0.3) is 10.2 Å². The molecule has 5 aromatic rings. The zero-order valence-electron chi connectivity index (χ0n) is 43.8. The number of nitrogens with one attached hydrogen (secondary N) is 1. The number of para-hydroxylation sites is 1. The lowest BCUT2D eigenvalue weighted by Gasteiger charge is -2.27. The number of hydrazone groups is 1. The van der Waals surface area contributed by atoms with Crippen molar-refractivity contribution in [1.29, 1.82) is 0 Å². The van der Waals surface area contributed by atoms with E-state index in [2.05, 4.69) is 28.7 Å². The summed E-state index contributed by atoms with van der Waals surface area (Å²) in [5.74, 6) is -1.49. The normalized spacial score (nSPS) is 17.0. The number of fused-ring (bicyclic) bond motifs is 1. The number of carbonyl (C=O) groups is 6. The molecule has 0 unspecified atom stereocenters. The number of unbranched alkanes of at least 4 members (excludes halogenated alkanes) is 6. The van der Waals surface area contributed by atoms with Gasteiger partial charge in [0.2, 0.25) is 5.13 Å². The lowest BCUT2D eigenvalue weighted by molar-refractivity contribution is -0.141. The molecule has 1 N–H and O–H groups in total. The van der Waals surface area contributed by atoms with E-state index in [1.807, 2.05) is 24.3 Å². The van der Waals surface area contributed by atoms with Crippen molar-refractivity contribution in [2.45, 2.75) is 115 Å². The first-order chi connectivity index (χ1) is 38.0. The molecule has 0 radical (unpaired) electrons. The predicted octanol–water partition coefficient (Wildman–Crippen LogP) is 11.7. The highest BCUT2D eigenvalue weighted by Gasteiger charge is 2.32. The second-order valence-electron chi connectivity index (χ2n) is 19.0. The highest BCUT2D eigenvalue weighted by molar-refractivity contribution is 7.22. The van der Waals surface area contributed by atoms with Gasteiger partial charge in [-0.25, -0.2) is 24.2 Å². The van der Waals surface area contributed by atoms with Crippen LogP contribution in [0.3, 0.4) is 0 Å². The summed E-state index contributed by atoms with van der Waals surface area (Å²) in [7, 11) is 0. The molecule has 0 atom stereocenters. The number of benzene rings is 4. The van der Waals surface area contributed by atoms with Crippen molar-refractivity contribution in [2.24, 2.45) is 16.9 Å². The van der Waals surface area contributed by atoms with E-state index in [0.29, 0.717) is 111 Å². The van der Waals surface area contributed by atoms with Crippen LogP contribution in [0, 0.1) is 11.8 Å². The number of ether oxygens (including phenoxy) is 8. The van der Waals surface area contributed by atoms with E-state index in [4.69, 9.17) is 37.9 Å². The molecule has 2 aliphatic carbocycles. The number of hydrogen-bond acceptors (Lipinski definition) is 18. The maximum Gasteiger partial charge on any atom is 0.339 e. The molecule has 412 valence electrons. The van der Waals surface area contributed by atoms with E-state index < -0.39 is 41.9 Å². The van der Waals surface area contributed by atoms with Crippen molar-refractivity contribution in [2.75, 3.05) is 31.9 Å². The minimum atomic E-state index is -0.586. The second-order valence-corrected chi connectivity index (χ2v) is 20.0. The molecular formula is C60H67N3O14S. The van der Waals surface area contributed by atoms with E-state index in [9.17, 15) is 28.8 Å². The Morgan fingerprint density at radius 1 is 0.564 bits per heavy atom. The van der Waals surface area contributed by atoms with Crippen molar-refractivity contribution >= 4 is 68.7 Å². The summed E-state index contributed by atoms with van der Waals surface area (Å²) >= 11 is 1.42. The monoisotopic (exact) mass is 1090 g/mol. The zero-order valence-corrected chi connectivity index (χ0v) is 44.6. The number of esters is 6. The van der Waals surface area contributed by atoms with Gasteiger partial charge >= 0.3 is 35.8 Å². The lowest BCUT2D eigenvalue weighted by Crippen LogP contribution is -2.30. The smallest absolute Gasteiger partial charge is 0.339 e. The first-order valence-corrected chi connectivity index (χ1v) is 27.5.